The van der Waals surface area contributed by atoms with Crippen molar-refractivity contribution in [2.45, 2.75) is 18.8 Å². The van der Waals surface area contributed by atoms with Crippen LogP contribution >= 0.6 is 0 Å². The molecule has 1 radical (unpaired) electrons. The first-order valence-corrected chi connectivity index (χ1v) is 13.0. The van der Waals surface area contributed by atoms with Crippen molar-refractivity contribution >= 4 is 0 Å². The second-order valence-corrected chi connectivity index (χ2v) is 9.32. The second-order valence-electron chi connectivity index (χ2n) is 9.32. The fourth-order valence-electron chi connectivity index (χ4n) is 4.74. The molecule has 1 aliphatic heterocycles. The smallest absolute Gasteiger partial charge is 0.0520 e. The van der Waals surface area contributed by atoms with E-state index < -0.39 is 0 Å². The monoisotopic (exact) mass is 695 g/mol. The minimum absolute atomic E-state index is 0. The molecule has 40 heavy (non-hydrogen) atoms. The minimum Gasteiger partial charge on any atom is -0.305 e. The summed E-state index contributed by atoms with van der Waals surface area (Å²) in [5.74, 6) is -0.0307. The van der Waals surface area contributed by atoms with Crippen LogP contribution in [0, 0.1) is 12.1 Å². The van der Waals surface area contributed by atoms with Crippen LogP contribution in [-0.2, 0) is 32.9 Å². The van der Waals surface area contributed by atoms with Gasteiger partial charge in [0.1, 0.15) is 0 Å². The van der Waals surface area contributed by atoms with E-state index >= 15 is 0 Å². The zero-order chi connectivity index (χ0) is 26.3. The third kappa shape index (κ3) is 6.63. The van der Waals surface area contributed by atoms with Crippen molar-refractivity contribution in [3.63, 3.8) is 0 Å². The molecule has 4 aromatic heterocycles. The van der Waals surface area contributed by atoms with Crippen LogP contribution in [0.4, 0.5) is 0 Å². The summed E-state index contributed by atoms with van der Waals surface area (Å²) in [5.41, 5.74) is 9.21. The molecule has 0 aliphatic carbocycles. The van der Waals surface area contributed by atoms with Crippen LogP contribution in [0.15, 0.2) is 128 Å². The summed E-state index contributed by atoms with van der Waals surface area (Å²) >= 11 is 0. The molecule has 0 fully saturated rings. The Hall–Kier alpha value is -4.31. The van der Waals surface area contributed by atoms with E-state index in [0.717, 1.165) is 63.8 Å². The van der Waals surface area contributed by atoms with E-state index in [2.05, 4.69) is 77.8 Å². The molecule has 0 amide bonds. The maximum absolute atomic E-state index is 4.97. The Balaban J connectivity index is 0.000000209. The topological polar surface area (TPSA) is 51.6 Å². The summed E-state index contributed by atoms with van der Waals surface area (Å²) in [6, 6.07) is 46.9. The van der Waals surface area contributed by atoms with Gasteiger partial charge in [0.05, 0.1) is 11.4 Å². The number of pyridine rings is 4. The van der Waals surface area contributed by atoms with E-state index in [1.54, 1.807) is 6.20 Å². The zero-order valence-corrected chi connectivity index (χ0v) is 24.1. The Kier molecular flexibility index (Phi) is 8.97. The van der Waals surface area contributed by atoms with Gasteiger partial charge in [0.15, 0.2) is 0 Å². The zero-order valence-electron chi connectivity index (χ0n) is 21.7. The molecule has 6 bridgehead atoms. The molecular weight excluding hydrogens is 669 g/mol. The van der Waals surface area contributed by atoms with Crippen molar-refractivity contribution in [2.75, 3.05) is 0 Å². The van der Waals surface area contributed by atoms with Gasteiger partial charge < -0.3 is 4.98 Å². The first kappa shape index (κ1) is 27.3. The van der Waals surface area contributed by atoms with Crippen molar-refractivity contribution < 1.29 is 20.1 Å². The molecule has 0 saturated heterocycles. The summed E-state index contributed by atoms with van der Waals surface area (Å²) in [5, 5.41) is 0. The van der Waals surface area contributed by atoms with Crippen LogP contribution in [0.1, 0.15) is 45.6 Å². The van der Waals surface area contributed by atoms with Crippen molar-refractivity contribution in [3.05, 3.63) is 179 Å². The quantitative estimate of drug-likeness (QED) is 0.185. The number of nitrogens with zero attached hydrogens (tertiary/aromatic N) is 4. The van der Waals surface area contributed by atoms with Crippen molar-refractivity contribution in [1.82, 2.24) is 19.9 Å². The van der Waals surface area contributed by atoms with Crippen molar-refractivity contribution in [3.8, 4) is 11.3 Å². The molecular formula is C35H26IrN4-2. The van der Waals surface area contributed by atoms with Crippen LogP contribution < -0.4 is 0 Å². The number of benzene rings is 2. The Morgan fingerprint density at radius 1 is 0.525 bits per heavy atom. The van der Waals surface area contributed by atoms with Crippen LogP contribution in [0.3, 0.4) is 0 Å². The first-order chi connectivity index (χ1) is 19.3. The third-order valence-electron chi connectivity index (χ3n) is 6.53. The van der Waals surface area contributed by atoms with E-state index in [0.29, 0.717) is 0 Å². The fraction of sp³-hybridized carbons (Fsp3) is 0.0857. The summed E-state index contributed by atoms with van der Waals surface area (Å²) in [6.07, 6.45) is 3.25. The SMILES string of the molecule is [Ir].[c-]1ccccc1-c1ccccn1.[c-]1ccccc1C1c2cccc(n2)Cc2cccc(n2)Cc2cccc1n2. The summed E-state index contributed by atoms with van der Waals surface area (Å²) < 4.78 is 0. The molecule has 0 saturated carbocycles. The van der Waals surface area contributed by atoms with Crippen LogP contribution in [0.25, 0.3) is 11.3 Å². The van der Waals surface area contributed by atoms with Gasteiger partial charge in [-0.05, 0) is 48.2 Å². The maximum atomic E-state index is 4.97. The average Bonchev–Trinajstić information content (AvgIpc) is 2.99. The normalized spacial score (nSPS) is 12.0. The molecule has 7 rings (SSSR count). The van der Waals surface area contributed by atoms with Crippen LogP contribution in [-0.4, -0.2) is 19.9 Å². The summed E-state index contributed by atoms with van der Waals surface area (Å²) in [4.78, 5) is 19.0. The van der Waals surface area contributed by atoms with Gasteiger partial charge in [-0.15, -0.1) is 41.5 Å². The van der Waals surface area contributed by atoms with Crippen molar-refractivity contribution in [2.24, 2.45) is 0 Å². The van der Waals surface area contributed by atoms with E-state index in [9.17, 15) is 0 Å². The molecule has 0 spiro atoms. The molecule has 5 heteroatoms. The van der Waals surface area contributed by atoms with Crippen molar-refractivity contribution in [1.29, 1.82) is 0 Å². The Morgan fingerprint density at radius 2 is 1.10 bits per heavy atom. The van der Waals surface area contributed by atoms with Gasteiger partial charge in [0.2, 0.25) is 0 Å². The number of hydrogen-bond donors (Lipinski definition) is 0. The van der Waals surface area contributed by atoms with Gasteiger partial charge in [0, 0.05) is 67.8 Å². The Morgan fingerprint density at radius 3 is 1.65 bits per heavy atom. The Labute approximate surface area is 248 Å². The molecule has 1 aliphatic rings. The van der Waals surface area contributed by atoms with Gasteiger partial charge in [-0.25, -0.2) is 0 Å². The first-order valence-electron chi connectivity index (χ1n) is 13.0. The number of rotatable bonds is 2. The number of hydrogen-bond acceptors (Lipinski definition) is 4. The van der Waals surface area contributed by atoms with E-state index in [-0.39, 0.29) is 26.0 Å². The molecule has 0 N–H and O–H groups in total. The van der Waals surface area contributed by atoms with Crippen LogP contribution in [0.2, 0.25) is 0 Å². The van der Waals surface area contributed by atoms with Gasteiger partial charge in [-0.2, -0.15) is 30.3 Å². The molecule has 5 heterocycles. The fourth-order valence-corrected chi connectivity index (χ4v) is 4.74. The summed E-state index contributed by atoms with van der Waals surface area (Å²) in [6.45, 7) is 0. The predicted molar refractivity (Wildman–Crippen MR) is 153 cm³/mol. The number of aromatic nitrogens is 4. The molecule has 0 unspecified atom stereocenters. The summed E-state index contributed by atoms with van der Waals surface area (Å²) in [7, 11) is 0. The molecule has 6 aromatic rings. The van der Waals surface area contributed by atoms with Crippen LogP contribution in [0.5, 0.6) is 0 Å². The second kappa shape index (κ2) is 13.2. The van der Waals surface area contributed by atoms with E-state index in [4.69, 9.17) is 15.0 Å². The Bertz CT molecular complexity index is 1560. The van der Waals surface area contributed by atoms with E-state index in [1.165, 1.54) is 0 Å². The molecule has 197 valence electrons. The minimum atomic E-state index is -0.0307. The van der Waals surface area contributed by atoms with Gasteiger partial charge in [-0.1, -0.05) is 30.3 Å². The van der Waals surface area contributed by atoms with Gasteiger partial charge in [0.25, 0.3) is 0 Å². The largest absolute Gasteiger partial charge is 0.305 e. The van der Waals surface area contributed by atoms with E-state index in [1.807, 2.05) is 60.7 Å². The molecule has 2 aromatic carbocycles. The maximum Gasteiger partial charge on any atom is 0.0520 e. The standard InChI is InChI=1S/C24H18N3.C11H8N.Ir/c1-2-7-17(8-3-1)24-22-13-5-11-20(26-22)15-18-9-4-10-19(25-18)16-21-12-6-14-23(24)27-21;1-2-6-10(7-3-1)11-8-4-5-9-12-11;/h1-7,9-14,24H,15-16H2;1-6,8-9H;/q2*-1;. The van der Waals surface area contributed by atoms with Gasteiger partial charge >= 0.3 is 0 Å². The molecule has 0 atom stereocenters. The number of fused-ring (bicyclic) bond motifs is 6. The third-order valence-corrected chi connectivity index (χ3v) is 6.53. The average molecular weight is 695 g/mol. The van der Waals surface area contributed by atoms with Gasteiger partial charge in [-0.3, -0.25) is 15.0 Å². The predicted octanol–water partition coefficient (Wildman–Crippen LogP) is 6.89. The molecule has 4 nitrogen and oxygen atoms in total.